The molecule has 0 N–H and O–H groups in total. The predicted molar refractivity (Wildman–Crippen MR) is 138 cm³/mol. The van der Waals surface area contributed by atoms with Gasteiger partial charge in [-0.05, 0) is 91.5 Å². The zero-order chi connectivity index (χ0) is 25.5. The Hall–Kier alpha value is -3.08. The highest BCUT2D eigenvalue weighted by atomic mass is 16.6. The summed E-state index contributed by atoms with van der Waals surface area (Å²) in [7, 11) is 0. The Bertz CT molecular complexity index is 1240. The van der Waals surface area contributed by atoms with Crippen molar-refractivity contribution in [1.82, 2.24) is 4.57 Å². The van der Waals surface area contributed by atoms with Crippen LogP contribution in [0.25, 0.3) is 22.0 Å². The first-order chi connectivity index (χ1) is 15.6. The van der Waals surface area contributed by atoms with Gasteiger partial charge in [0, 0.05) is 17.7 Å². The normalized spacial score (nSPS) is 12.8. The lowest BCUT2D eigenvalue weighted by Crippen LogP contribution is -2.53. The maximum absolute atomic E-state index is 13.5. The molecule has 0 amide bonds. The minimum atomic E-state index is -0.888. The summed E-state index contributed by atoms with van der Waals surface area (Å²) in [6.45, 7) is 17.0. The minimum absolute atomic E-state index is 0.0360. The molecule has 3 rings (SSSR count). The number of aromatic nitrogens is 1. The number of carbonyl (C=O) groups excluding carboxylic acids is 1. The summed E-state index contributed by atoms with van der Waals surface area (Å²) in [5, 5.41) is 0.954. The van der Waals surface area contributed by atoms with Gasteiger partial charge in [-0.15, -0.1) is 0 Å². The molecule has 0 spiro atoms. The van der Waals surface area contributed by atoms with Crippen molar-refractivity contribution in [3.8, 4) is 16.9 Å². The van der Waals surface area contributed by atoms with Crippen molar-refractivity contribution in [1.29, 1.82) is 0 Å². The van der Waals surface area contributed by atoms with E-state index in [1.54, 1.807) is 0 Å². The number of rotatable bonds is 6. The van der Waals surface area contributed by atoms with Gasteiger partial charge in [0.25, 0.3) is 5.56 Å². The summed E-state index contributed by atoms with van der Waals surface area (Å²) in [6, 6.07) is 17.4. The Morgan fingerprint density at radius 2 is 1.47 bits per heavy atom. The van der Waals surface area contributed by atoms with Crippen molar-refractivity contribution in [3.05, 3.63) is 65.0 Å². The van der Waals surface area contributed by atoms with Gasteiger partial charge in [0.2, 0.25) is 0 Å². The van der Waals surface area contributed by atoms with Crippen LogP contribution in [-0.4, -0.2) is 21.7 Å². The first kappa shape index (κ1) is 25.5. The molecule has 1 heterocycles. The van der Waals surface area contributed by atoms with Crippen molar-refractivity contribution in [2.45, 2.75) is 79.6 Å². The van der Waals surface area contributed by atoms with E-state index in [0.717, 1.165) is 16.5 Å². The molecule has 5 nitrogen and oxygen atoms in total. The highest BCUT2D eigenvalue weighted by Gasteiger charge is 2.44. The standard InChI is InChI=1S/C29H37NO4/c1-19(2)30-24-18-22(33-28(6,7)29(8,9)34-26(32)27(3,4)5)16-15-21(24)17-23(25(30)31)20-13-11-10-12-14-20/h10-19H,1-9H3. The van der Waals surface area contributed by atoms with Crippen LogP contribution in [0.15, 0.2) is 59.4 Å². The zero-order valence-corrected chi connectivity index (χ0v) is 21.9. The molecule has 0 aliphatic heterocycles. The molecule has 0 atom stereocenters. The van der Waals surface area contributed by atoms with E-state index in [1.807, 2.05) is 121 Å². The Morgan fingerprint density at radius 3 is 2.03 bits per heavy atom. The van der Waals surface area contributed by atoms with Gasteiger partial charge in [0.1, 0.15) is 17.0 Å². The van der Waals surface area contributed by atoms with Crippen LogP contribution >= 0.6 is 0 Å². The van der Waals surface area contributed by atoms with Crippen LogP contribution in [0.5, 0.6) is 5.75 Å². The molecular formula is C29H37NO4. The quantitative estimate of drug-likeness (QED) is 0.378. The molecule has 0 radical (unpaired) electrons. The minimum Gasteiger partial charge on any atom is -0.484 e. The molecule has 2 aromatic carbocycles. The van der Waals surface area contributed by atoms with E-state index in [4.69, 9.17) is 9.47 Å². The maximum atomic E-state index is 13.5. The van der Waals surface area contributed by atoms with Gasteiger partial charge in [-0.1, -0.05) is 30.3 Å². The largest absolute Gasteiger partial charge is 0.484 e. The molecule has 182 valence electrons. The van der Waals surface area contributed by atoms with Crippen molar-refractivity contribution >= 4 is 16.9 Å². The summed E-state index contributed by atoms with van der Waals surface area (Å²) in [5.41, 5.74) is 0.0104. The summed E-state index contributed by atoms with van der Waals surface area (Å²) < 4.78 is 14.0. The average molecular weight is 464 g/mol. The maximum Gasteiger partial charge on any atom is 0.311 e. The van der Waals surface area contributed by atoms with E-state index >= 15 is 0 Å². The molecule has 34 heavy (non-hydrogen) atoms. The molecule has 1 aromatic heterocycles. The van der Waals surface area contributed by atoms with E-state index in [2.05, 4.69) is 0 Å². The number of fused-ring (bicyclic) bond motifs is 1. The van der Waals surface area contributed by atoms with E-state index in [9.17, 15) is 9.59 Å². The van der Waals surface area contributed by atoms with Gasteiger partial charge in [-0.25, -0.2) is 0 Å². The SMILES string of the molecule is CC(C)n1c(=O)c(-c2ccccc2)cc2ccc(OC(C)(C)C(C)(C)OC(=O)C(C)(C)C)cc21. The number of nitrogens with zero attached hydrogens (tertiary/aromatic N) is 1. The molecule has 0 unspecified atom stereocenters. The van der Waals surface area contributed by atoms with Crippen molar-refractivity contribution < 1.29 is 14.3 Å². The van der Waals surface area contributed by atoms with E-state index in [-0.39, 0.29) is 17.6 Å². The van der Waals surface area contributed by atoms with Crippen LogP contribution in [0, 0.1) is 5.41 Å². The Morgan fingerprint density at radius 1 is 0.853 bits per heavy atom. The fourth-order valence-corrected chi connectivity index (χ4v) is 3.64. The summed E-state index contributed by atoms with van der Waals surface area (Å²) >= 11 is 0. The number of ether oxygens (including phenoxy) is 2. The number of carbonyl (C=O) groups is 1. The second-order valence-electron chi connectivity index (χ2n) is 11.2. The van der Waals surface area contributed by atoms with Crippen LogP contribution in [0.1, 0.15) is 68.4 Å². The molecule has 0 saturated carbocycles. The fourth-order valence-electron chi connectivity index (χ4n) is 3.64. The molecule has 0 aliphatic carbocycles. The summed E-state index contributed by atoms with van der Waals surface area (Å²) in [5.74, 6) is 0.327. The molecule has 0 bridgehead atoms. The lowest BCUT2D eigenvalue weighted by atomic mass is 9.88. The average Bonchev–Trinajstić information content (AvgIpc) is 2.72. The van der Waals surface area contributed by atoms with Crippen molar-refractivity contribution in [3.63, 3.8) is 0 Å². The molecule has 3 aromatic rings. The van der Waals surface area contributed by atoms with Gasteiger partial charge >= 0.3 is 5.97 Å². The van der Waals surface area contributed by atoms with Crippen molar-refractivity contribution in [2.24, 2.45) is 5.41 Å². The number of benzene rings is 2. The van der Waals surface area contributed by atoms with E-state index < -0.39 is 16.6 Å². The lowest BCUT2D eigenvalue weighted by Gasteiger charge is -2.42. The second-order valence-corrected chi connectivity index (χ2v) is 11.2. The second kappa shape index (κ2) is 8.94. The molecular weight excluding hydrogens is 426 g/mol. The molecule has 5 heteroatoms. The van der Waals surface area contributed by atoms with Crippen LogP contribution in [0.4, 0.5) is 0 Å². The Labute approximate surface area is 202 Å². The summed E-state index contributed by atoms with van der Waals surface area (Å²) in [4.78, 5) is 26.0. The Kier molecular flexibility index (Phi) is 6.71. The van der Waals surface area contributed by atoms with Crippen LogP contribution < -0.4 is 10.3 Å². The number of hydrogen-bond donors (Lipinski definition) is 0. The number of esters is 1. The Balaban J connectivity index is 2.04. The van der Waals surface area contributed by atoms with Crippen LogP contribution in [0.3, 0.4) is 0 Å². The summed E-state index contributed by atoms with van der Waals surface area (Å²) in [6.07, 6.45) is 0. The predicted octanol–water partition coefficient (Wildman–Crippen LogP) is 6.77. The van der Waals surface area contributed by atoms with Gasteiger partial charge in [0.15, 0.2) is 0 Å². The first-order valence-corrected chi connectivity index (χ1v) is 11.8. The van der Waals surface area contributed by atoms with Crippen LogP contribution in [-0.2, 0) is 9.53 Å². The number of pyridine rings is 1. The van der Waals surface area contributed by atoms with Crippen LogP contribution in [0.2, 0.25) is 0 Å². The molecule has 0 aliphatic rings. The van der Waals surface area contributed by atoms with Gasteiger partial charge in [0.05, 0.1) is 10.9 Å². The molecule has 0 saturated heterocycles. The highest BCUT2D eigenvalue weighted by molar-refractivity contribution is 5.85. The van der Waals surface area contributed by atoms with Gasteiger partial charge < -0.3 is 14.0 Å². The fraction of sp³-hybridized carbons (Fsp3) is 0.448. The van der Waals surface area contributed by atoms with E-state index in [1.165, 1.54) is 0 Å². The number of hydrogen-bond acceptors (Lipinski definition) is 4. The lowest BCUT2D eigenvalue weighted by molar-refractivity contribution is -0.185. The molecule has 0 fully saturated rings. The van der Waals surface area contributed by atoms with Gasteiger partial charge in [-0.3, -0.25) is 9.59 Å². The first-order valence-electron chi connectivity index (χ1n) is 11.8. The highest BCUT2D eigenvalue weighted by Crippen LogP contribution is 2.35. The van der Waals surface area contributed by atoms with Crippen molar-refractivity contribution in [2.75, 3.05) is 0 Å². The monoisotopic (exact) mass is 463 g/mol. The zero-order valence-electron chi connectivity index (χ0n) is 21.9. The van der Waals surface area contributed by atoms with Gasteiger partial charge in [-0.2, -0.15) is 0 Å². The topological polar surface area (TPSA) is 57.5 Å². The third kappa shape index (κ3) is 5.03. The third-order valence-electron chi connectivity index (χ3n) is 6.39. The smallest absolute Gasteiger partial charge is 0.311 e. The van der Waals surface area contributed by atoms with E-state index in [0.29, 0.717) is 11.3 Å². The third-order valence-corrected chi connectivity index (χ3v) is 6.39.